The second kappa shape index (κ2) is 7.94. The number of aliphatic carboxylic acids is 2. The van der Waals surface area contributed by atoms with E-state index in [0.29, 0.717) is 38.3 Å². The summed E-state index contributed by atoms with van der Waals surface area (Å²) in [7, 11) is 0. The molecule has 8 heteroatoms. The predicted octanol–water partition coefficient (Wildman–Crippen LogP) is 0.530. The smallest absolute Gasteiger partial charge is 0.328 e. The standard InChI is InChI=1S/C16H27N3O5/c1-10(2)5-6-12(15(21)22)17-11-7-9-18-8-3-4-13(16(23)24)19(18)14(11)20/h10-13,17H,3-9H2,1-2H3,(H,21,22)(H,23,24). The van der Waals surface area contributed by atoms with Crippen LogP contribution < -0.4 is 5.32 Å². The van der Waals surface area contributed by atoms with E-state index in [9.17, 15) is 24.6 Å². The Morgan fingerprint density at radius 1 is 1.21 bits per heavy atom. The summed E-state index contributed by atoms with van der Waals surface area (Å²) in [5.74, 6) is -1.93. The first-order chi connectivity index (χ1) is 11.3. The van der Waals surface area contributed by atoms with Crippen LogP contribution in [-0.2, 0) is 14.4 Å². The summed E-state index contributed by atoms with van der Waals surface area (Å²) in [6.07, 6.45) is 2.86. The zero-order chi connectivity index (χ0) is 17.9. The number of carbonyl (C=O) groups excluding carboxylic acids is 1. The van der Waals surface area contributed by atoms with E-state index in [1.807, 2.05) is 13.8 Å². The summed E-state index contributed by atoms with van der Waals surface area (Å²) in [5.41, 5.74) is 0. The lowest BCUT2D eigenvalue weighted by molar-refractivity contribution is -0.183. The molecule has 2 saturated heterocycles. The average molecular weight is 341 g/mol. The molecule has 0 aromatic heterocycles. The van der Waals surface area contributed by atoms with Crippen molar-refractivity contribution in [2.75, 3.05) is 13.1 Å². The zero-order valence-electron chi connectivity index (χ0n) is 14.3. The van der Waals surface area contributed by atoms with Gasteiger partial charge in [-0.25, -0.2) is 9.80 Å². The predicted molar refractivity (Wildman–Crippen MR) is 86.1 cm³/mol. The van der Waals surface area contributed by atoms with Gasteiger partial charge in [-0.15, -0.1) is 0 Å². The summed E-state index contributed by atoms with van der Waals surface area (Å²) < 4.78 is 0. The van der Waals surface area contributed by atoms with E-state index in [0.717, 1.165) is 12.8 Å². The highest BCUT2D eigenvalue weighted by Gasteiger charge is 2.43. The lowest BCUT2D eigenvalue weighted by atomic mass is 9.99. The molecule has 0 spiro atoms. The molecule has 2 heterocycles. The molecule has 0 aromatic rings. The van der Waals surface area contributed by atoms with E-state index in [2.05, 4.69) is 5.32 Å². The van der Waals surface area contributed by atoms with Gasteiger partial charge >= 0.3 is 11.9 Å². The number of rotatable bonds is 7. The molecule has 0 aromatic carbocycles. The molecule has 2 fully saturated rings. The minimum absolute atomic E-state index is 0.329. The minimum atomic E-state index is -1.01. The third kappa shape index (κ3) is 4.24. The number of amides is 1. The van der Waals surface area contributed by atoms with Gasteiger partial charge in [-0.05, 0) is 38.0 Å². The molecule has 2 rings (SSSR count). The second-order valence-electron chi connectivity index (χ2n) is 7.00. The molecule has 2 aliphatic heterocycles. The Hall–Kier alpha value is -1.67. The number of carboxylic acids is 2. The van der Waals surface area contributed by atoms with Crippen molar-refractivity contribution in [3.05, 3.63) is 0 Å². The van der Waals surface area contributed by atoms with Crippen molar-refractivity contribution < 1.29 is 24.6 Å². The van der Waals surface area contributed by atoms with Crippen molar-refractivity contribution in [3.8, 4) is 0 Å². The first kappa shape index (κ1) is 18.7. The number of hydrazine groups is 1. The molecule has 3 unspecified atom stereocenters. The minimum Gasteiger partial charge on any atom is -0.480 e. The quantitative estimate of drug-likeness (QED) is 0.619. The number of nitrogens with zero attached hydrogens (tertiary/aromatic N) is 2. The Balaban J connectivity index is 2.06. The summed E-state index contributed by atoms with van der Waals surface area (Å²) in [5, 5.41) is 24.8. The summed E-state index contributed by atoms with van der Waals surface area (Å²) in [4.78, 5) is 35.6. The van der Waals surface area contributed by atoms with Crippen LogP contribution in [0, 0.1) is 5.92 Å². The first-order valence-electron chi connectivity index (χ1n) is 8.60. The van der Waals surface area contributed by atoms with Crippen LogP contribution in [-0.4, -0.2) is 69.3 Å². The van der Waals surface area contributed by atoms with Crippen LogP contribution >= 0.6 is 0 Å². The second-order valence-corrected chi connectivity index (χ2v) is 7.00. The van der Waals surface area contributed by atoms with Gasteiger partial charge in [0.25, 0.3) is 5.91 Å². The Bertz CT molecular complexity index is 496. The molecule has 136 valence electrons. The largest absolute Gasteiger partial charge is 0.480 e. The molecular formula is C16H27N3O5. The van der Waals surface area contributed by atoms with Crippen LogP contribution in [0.1, 0.15) is 46.0 Å². The Labute approximate surface area is 141 Å². The zero-order valence-corrected chi connectivity index (χ0v) is 14.3. The Morgan fingerprint density at radius 3 is 2.50 bits per heavy atom. The highest BCUT2D eigenvalue weighted by atomic mass is 16.4. The van der Waals surface area contributed by atoms with E-state index in [4.69, 9.17) is 0 Å². The fourth-order valence-corrected chi connectivity index (χ4v) is 3.37. The number of carbonyl (C=O) groups is 3. The molecule has 0 radical (unpaired) electrons. The number of hydrogen-bond acceptors (Lipinski definition) is 5. The maximum atomic E-state index is 12.7. The Kier molecular flexibility index (Phi) is 6.17. The number of nitrogens with one attached hydrogen (secondary N) is 1. The first-order valence-corrected chi connectivity index (χ1v) is 8.60. The SMILES string of the molecule is CC(C)CCC(NC1CCN2CCCC(C(=O)O)N2C1=O)C(=O)O. The van der Waals surface area contributed by atoms with Gasteiger partial charge in [0.2, 0.25) is 0 Å². The van der Waals surface area contributed by atoms with Crippen LogP contribution in [0.25, 0.3) is 0 Å². The lowest BCUT2D eigenvalue weighted by Gasteiger charge is -2.47. The molecule has 24 heavy (non-hydrogen) atoms. The molecule has 0 bridgehead atoms. The average Bonchev–Trinajstić information content (AvgIpc) is 2.52. The van der Waals surface area contributed by atoms with Gasteiger partial charge in [-0.3, -0.25) is 19.9 Å². The fourth-order valence-electron chi connectivity index (χ4n) is 3.37. The van der Waals surface area contributed by atoms with Crippen LogP contribution in [0.5, 0.6) is 0 Å². The number of fused-ring (bicyclic) bond motifs is 1. The summed E-state index contributed by atoms with van der Waals surface area (Å²) >= 11 is 0. The highest BCUT2D eigenvalue weighted by Crippen LogP contribution is 2.25. The number of carboxylic acid groups (broad SMARTS) is 2. The molecule has 0 saturated carbocycles. The van der Waals surface area contributed by atoms with Crippen LogP contribution in [0.3, 0.4) is 0 Å². The molecule has 3 atom stereocenters. The van der Waals surface area contributed by atoms with Gasteiger partial charge < -0.3 is 10.2 Å². The van der Waals surface area contributed by atoms with Gasteiger partial charge in [0, 0.05) is 13.1 Å². The van der Waals surface area contributed by atoms with Crippen molar-refractivity contribution >= 4 is 17.8 Å². The van der Waals surface area contributed by atoms with Crippen molar-refractivity contribution in [1.82, 2.24) is 15.3 Å². The summed E-state index contributed by atoms with van der Waals surface area (Å²) in [6, 6.07) is -2.29. The van der Waals surface area contributed by atoms with E-state index >= 15 is 0 Å². The molecule has 3 N–H and O–H groups in total. The third-order valence-electron chi connectivity index (χ3n) is 4.71. The van der Waals surface area contributed by atoms with E-state index < -0.39 is 30.1 Å². The van der Waals surface area contributed by atoms with Gasteiger partial charge in [0.1, 0.15) is 12.1 Å². The van der Waals surface area contributed by atoms with Crippen molar-refractivity contribution in [2.45, 2.75) is 64.1 Å². The van der Waals surface area contributed by atoms with E-state index in [1.54, 1.807) is 5.01 Å². The van der Waals surface area contributed by atoms with Crippen LogP contribution in [0.4, 0.5) is 0 Å². The summed E-state index contributed by atoms with van der Waals surface area (Å²) in [6.45, 7) is 5.27. The normalized spacial score (nSPS) is 26.3. The number of hydrogen-bond donors (Lipinski definition) is 3. The maximum absolute atomic E-state index is 12.7. The maximum Gasteiger partial charge on any atom is 0.328 e. The van der Waals surface area contributed by atoms with E-state index in [-0.39, 0.29) is 5.91 Å². The van der Waals surface area contributed by atoms with Crippen molar-refractivity contribution in [1.29, 1.82) is 0 Å². The molecule has 0 aliphatic carbocycles. The van der Waals surface area contributed by atoms with Crippen LogP contribution in [0.15, 0.2) is 0 Å². The monoisotopic (exact) mass is 341 g/mol. The van der Waals surface area contributed by atoms with Crippen LogP contribution in [0.2, 0.25) is 0 Å². The highest BCUT2D eigenvalue weighted by molar-refractivity contribution is 5.88. The van der Waals surface area contributed by atoms with Gasteiger partial charge in [-0.2, -0.15) is 0 Å². The lowest BCUT2D eigenvalue weighted by Crippen LogP contribution is -2.67. The topological polar surface area (TPSA) is 110 Å². The molecule has 2 aliphatic rings. The van der Waals surface area contributed by atoms with Crippen molar-refractivity contribution in [2.24, 2.45) is 5.92 Å². The molecule has 1 amide bonds. The Morgan fingerprint density at radius 2 is 1.92 bits per heavy atom. The van der Waals surface area contributed by atoms with Crippen molar-refractivity contribution in [3.63, 3.8) is 0 Å². The molecular weight excluding hydrogens is 314 g/mol. The third-order valence-corrected chi connectivity index (χ3v) is 4.71. The van der Waals surface area contributed by atoms with Gasteiger partial charge in [-0.1, -0.05) is 13.8 Å². The molecule has 8 nitrogen and oxygen atoms in total. The van der Waals surface area contributed by atoms with Gasteiger partial charge in [0.15, 0.2) is 0 Å². The van der Waals surface area contributed by atoms with Gasteiger partial charge in [0.05, 0.1) is 6.04 Å². The fraction of sp³-hybridized carbons (Fsp3) is 0.812. The van der Waals surface area contributed by atoms with E-state index in [1.165, 1.54) is 5.01 Å².